The summed E-state index contributed by atoms with van der Waals surface area (Å²) < 4.78 is 53.8. The molecule has 0 aliphatic carbocycles. The van der Waals surface area contributed by atoms with Gasteiger partial charge in [0.05, 0.1) is 0 Å². The number of hydrogen-bond donors (Lipinski definition) is 2. The fourth-order valence-corrected chi connectivity index (χ4v) is 2.14. The molecule has 0 unspecified atom stereocenters. The molecule has 0 saturated carbocycles. The molecule has 0 radical (unpaired) electrons. The second kappa shape index (κ2) is 7.33. The van der Waals surface area contributed by atoms with Gasteiger partial charge in [0.15, 0.2) is 6.04 Å². The zero-order valence-corrected chi connectivity index (χ0v) is 12.8. The first kappa shape index (κ1) is 17.8. The largest absolute Gasteiger partial charge is 0.412 e. The highest BCUT2D eigenvalue weighted by Gasteiger charge is 2.41. The number of hydrogen-bond acceptors (Lipinski definition) is 2. The summed E-state index contributed by atoms with van der Waals surface area (Å²) in [7, 11) is 1.73. The molecule has 1 heterocycles. The minimum atomic E-state index is -4.70. The molecule has 0 fully saturated rings. The van der Waals surface area contributed by atoms with E-state index >= 15 is 0 Å². The average molecular weight is 344 g/mol. The van der Waals surface area contributed by atoms with Crippen molar-refractivity contribution in [3.05, 3.63) is 53.6 Å². The van der Waals surface area contributed by atoms with Crippen LogP contribution in [0.1, 0.15) is 17.3 Å². The Morgan fingerprint density at radius 3 is 2.46 bits per heavy atom. The number of carbonyl (C=O) groups excluding carboxylic acids is 1. The van der Waals surface area contributed by atoms with E-state index in [4.69, 9.17) is 0 Å². The molecule has 0 aliphatic heterocycles. The number of alkyl halides is 3. The molecule has 0 spiro atoms. The van der Waals surface area contributed by atoms with Gasteiger partial charge in [0.1, 0.15) is 5.82 Å². The fourth-order valence-electron chi connectivity index (χ4n) is 2.14. The number of aromatic nitrogens is 2. The predicted molar refractivity (Wildman–Crippen MR) is 78.6 cm³/mol. The van der Waals surface area contributed by atoms with E-state index in [0.717, 1.165) is 30.0 Å². The molecule has 9 heteroatoms. The van der Waals surface area contributed by atoms with E-state index in [9.17, 15) is 22.4 Å². The van der Waals surface area contributed by atoms with Crippen LogP contribution in [0.3, 0.4) is 0 Å². The summed E-state index contributed by atoms with van der Waals surface area (Å²) >= 11 is 0. The van der Waals surface area contributed by atoms with Gasteiger partial charge in [-0.3, -0.25) is 4.68 Å². The number of carbonyl (C=O) groups is 1. The quantitative estimate of drug-likeness (QED) is 0.820. The smallest absolute Gasteiger partial charge is 0.338 e. The third-order valence-corrected chi connectivity index (χ3v) is 3.40. The molecule has 0 saturated heterocycles. The molecule has 0 aliphatic rings. The molecular weight excluding hydrogens is 328 g/mol. The summed E-state index contributed by atoms with van der Waals surface area (Å²) in [6.07, 6.45) is -2.68. The molecule has 5 nitrogen and oxygen atoms in total. The van der Waals surface area contributed by atoms with Crippen LogP contribution >= 0.6 is 0 Å². The van der Waals surface area contributed by atoms with Crippen LogP contribution in [0.2, 0.25) is 0 Å². The Labute approximate surface area is 135 Å². The van der Waals surface area contributed by atoms with Gasteiger partial charge in [-0.2, -0.15) is 18.3 Å². The van der Waals surface area contributed by atoms with Crippen LogP contribution < -0.4 is 10.6 Å². The second-order valence-corrected chi connectivity index (χ2v) is 5.12. The zero-order chi connectivity index (χ0) is 17.7. The molecule has 2 rings (SSSR count). The van der Waals surface area contributed by atoms with Crippen LogP contribution in [0.4, 0.5) is 22.4 Å². The van der Waals surface area contributed by atoms with Crippen molar-refractivity contribution >= 4 is 6.03 Å². The standard InChI is InChI=1S/C15H16F4N4O/c1-23-12(7-9-21-23)6-8-20-14(24)22-13(15(17,18)19)10-2-4-11(16)5-3-10/h2-5,7,9,13H,6,8H2,1H3,(H2,20,22,24)/t13-/m1/s1. The van der Waals surface area contributed by atoms with Crippen LogP contribution in [-0.4, -0.2) is 28.5 Å². The van der Waals surface area contributed by atoms with E-state index in [2.05, 4.69) is 10.4 Å². The Kier molecular flexibility index (Phi) is 5.42. The van der Waals surface area contributed by atoms with Crippen molar-refractivity contribution in [2.45, 2.75) is 18.6 Å². The third-order valence-electron chi connectivity index (χ3n) is 3.40. The van der Waals surface area contributed by atoms with Crippen LogP contribution in [0.5, 0.6) is 0 Å². The number of nitrogens with one attached hydrogen (secondary N) is 2. The first-order chi connectivity index (χ1) is 11.3. The van der Waals surface area contributed by atoms with Gasteiger partial charge in [0.25, 0.3) is 0 Å². The highest BCUT2D eigenvalue weighted by molar-refractivity contribution is 5.74. The number of aryl methyl sites for hydroxylation is 1. The van der Waals surface area contributed by atoms with Crippen LogP contribution in [0.25, 0.3) is 0 Å². The Morgan fingerprint density at radius 2 is 1.92 bits per heavy atom. The number of urea groups is 1. The van der Waals surface area contributed by atoms with E-state index < -0.39 is 24.1 Å². The maximum atomic E-state index is 13.1. The molecule has 2 aromatic rings. The SMILES string of the molecule is Cn1nccc1CCNC(=O)N[C@H](c1ccc(F)cc1)C(F)(F)F. The summed E-state index contributed by atoms with van der Waals surface area (Å²) in [5.74, 6) is -0.652. The molecule has 1 atom stereocenters. The van der Waals surface area contributed by atoms with E-state index in [1.807, 2.05) is 5.32 Å². The monoisotopic (exact) mass is 344 g/mol. The molecule has 2 N–H and O–H groups in total. The van der Waals surface area contributed by atoms with Gasteiger partial charge >= 0.3 is 12.2 Å². The van der Waals surface area contributed by atoms with Crippen molar-refractivity contribution in [3.63, 3.8) is 0 Å². The van der Waals surface area contributed by atoms with Gasteiger partial charge in [-0.25, -0.2) is 9.18 Å². The number of nitrogens with zero attached hydrogens (tertiary/aromatic N) is 2. The minimum absolute atomic E-state index is 0.152. The Balaban J connectivity index is 1.95. The summed E-state index contributed by atoms with van der Waals surface area (Å²) in [5.41, 5.74) is 0.590. The van der Waals surface area contributed by atoms with Gasteiger partial charge in [-0.05, 0) is 23.8 Å². The molecule has 1 aromatic heterocycles. The predicted octanol–water partition coefficient (Wildman–Crippen LogP) is 2.70. The fraction of sp³-hybridized carbons (Fsp3) is 0.333. The zero-order valence-electron chi connectivity index (χ0n) is 12.8. The van der Waals surface area contributed by atoms with Gasteiger partial charge in [-0.15, -0.1) is 0 Å². The molecule has 1 aromatic carbocycles. The average Bonchev–Trinajstić information content (AvgIpc) is 2.90. The van der Waals surface area contributed by atoms with E-state index in [-0.39, 0.29) is 12.1 Å². The van der Waals surface area contributed by atoms with Crippen molar-refractivity contribution in [1.29, 1.82) is 0 Å². The van der Waals surface area contributed by atoms with Crippen LogP contribution in [0.15, 0.2) is 36.5 Å². The summed E-state index contributed by atoms with van der Waals surface area (Å²) in [6, 6.07) is 2.38. The lowest BCUT2D eigenvalue weighted by molar-refractivity contribution is -0.154. The molecule has 24 heavy (non-hydrogen) atoms. The maximum absolute atomic E-state index is 13.1. The summed E-state index contributed by atoms with van der Waals surface area (Å²) in [6.45, 7) is 0.152. The number of halogens is 4. The Hall–Kier alpha value is -2.58. The lowest BCUT2D eigenvalue weighted by Gasteiger charge is -2.22. The Bertz CT molecular complexity index is 682. The van der Waals surface area contributed by atoms with E-state index in [1.165, 1.54) is 0 Å². The molecule has 130 valence electrons. The first-order valence-corrected chi connectivity index (χ1v) is 7.11. The van der Waals surface area contributed by atoms with Crippen molar-refractivity contribution in [2.24, 2.45) is 7.05 Å². The normalized spacial score (nSPS) is 12.7. The van der Waals surface area contributed by atoms with Crippen LogP contribution in [0, 0.1) is 5.82 Å². The van der Waals surface area contributed by atoms with Crippen molar-refractivity contribution in [3.8, 4) is 0 Å². The maximum Gasteiger partial charge on any atom is 0.412 e. The van der Waals surface area contributed by atoms with Gasteiger partial charge in [0, 0.05) is 31.9 Å². The van der Waals surface area contributed by atoms with E-state index in [1.54, 1.807) is 24.0 Å². The number of benzene rings is 1. The number of amides is 2. The van der Waals surface area contributed by atoms with Crippen LogP contribution in [-0.2, 0) is 13.5 Å². The molecule has 2 amide bonds. The van der Waals surface area contributed by atoms with E-state index in [0.29, 0.717) is 6.42 Å². The highest BCUT2D eigenvalue weighted by Crippen LogP contribution is 2.32. The van der Waals surface area contributed by atoms with Crippen molar-refractivity contribution in [1.82, 2.24) is 20.4 Å². The minimum Gasteiger partial charge on any atom is -0.338 e. The highest BCUT2D eigenvalue weighted by atomic mass is 19.4. The first-order valence-electron chi connectivity index (χ1n) is 7.11. The summed E-state index contributed by atoms with van der Waals surface area (Å²) in [5, 5.41) is 8.18. The van der Waals surface area contributed by atoms with Gasteiger partial charge < -0.3 is 10.6 Å². The lowest BCUT2D eigenvalue weighted by Crippen LogP contribution is -2.44. The third kappa shape index (κ3) is 4.71. The number of rotatable bonds is 5. The van der Waals surface area contributed by atoms with Crippen molar-refractivity contribution < 1.29 is 22.4 Å². The lowest BCUT2D eigenvalue weighted by atomic mass is 10.1. The topological polar surface area (TPSA) is 59.0 Å². The Morgan fingerprint density at radius 1 is 1.25 bits per heavy atom. The van der Waals surface area contributed by atoms with Crippen molar-refractivity contribution in [2.75, 3.05) is 6.54 Å². The second-order valence-electron chi connectivity index (χ2n) is 5.12. The molecular formula is C15H16F4N4O. The van der Waals surface area contributed by atoms with Gasteiger partial charge in [-0.1, -0.05) is 12.1 Å². The summed E-state index contributed by atoms with van der Waals surface area (Å²) in [4.78, 5) is 11.7. The molecule has 0 bridgehead atoms. The van der Waals surface area contributed by atoms with Gasteiger partial charge in [0.2, 0.25) is 0 Å².